The van der Waals surface area contributed by atoms with Crippen molar-refractivity contribution in [3.8, 4) is 23.7 Å². The van der Waals surface area contributed by atoms with Crippen LogP contribution in [0.15, 0.2) is 188 Å². The van der Waals surface area contributed by atoms with Crippen molar-refractivity contribution in [2.24, 2.45) is 0 Å². The summed E-state index contributed by atoms with van der Waals surface area (Å²) in [5.74, 6) is 13.6. The van der Waals surface area contributed by atoms with Gasteiger partial charge >= 0.3 is 0 Å². The Bertz CT molecular complexity index is 2790. The quantitative estimate of drug-likeness (QED) is 0.103. The van der Waals surface area contributed by atoms with Gasteiger partial charge in [-0.1, -0.05) is 151 Å². The summed E-state index contributed by atoms with van der Waals surface area (Å²) in [6.07, 6.45) is 0. The van der Waals surface area contributed by atoms with Gasteiger partial charge in [0.1, 0.15) is 0 Å². The number of fused-ring (bicyclic) bond motifs is 6. The van der Waals surface area contributed by atoms with E-state index in [1.54, 1.807) is 0 Å². The first-order valence-corrected chi connectivity index (χ1v) is 19.1. The molecule has 0 amide bonds. The average Bonchev–Trinajstić information content (AvgIpc) is 3.22. The molecule has 0 fully saturated rings. The van der Waals surface area contributed by atoms with Crippen LogP contribution < -0.4 is 15.9 Å². The lowest BCUT2D eigenvalue weighted by molar-refractivity contribution is 0.592. The Morgan fingerprint density at radius 3 is 1.10 bits per heavy atom. The second kappa shape index (κ2) is 13.2. The first kappa shape index (κ1) is 31.4. The lowest BCUT2D eigenvalue weighted by atomic mass is 9.97. The fourth-order valence-electron chi connectivity index (χ4n) is 7.19. The number of hydrogen-bond acceptors (Lipinski definition) is 1. The highest BCUT2D eigenvalue weighted by Gasteiger charge is 2.29. The van der Waals surface area contributed by atoms with Crippen molar-refractivity contribution < 1.29 is 4.57 Å². The molecule has 1 nitrogen and oxygen atoms in total. The summed E-state index contributed by atoms with van der Waals surface area (Å²) >= 11 is 0. The van der Waals surface area contributed by atoms with Gasteiger partial charge in [-0.15, -0.1) is 0 Å². The monoisotopic (exact) mass is 678 g/mol. The molecule has 52 heavy (non-hydrogen) atoms. The van der Waals surface area contributed by atoms with Crippen molar-refractivity contribution in [3.05, 3.63) is 210 Å². The molecule has 0 radical (unpaired) electrons. The van der Waals surface area contributed by atoms with Crippen molar-refractivity contribution in [3.63, 3.8) is 0 Å². The molecule has 0 saturated heterocycles. The van der Waals surface area contributed by atoms with E-state index >= 15 is 4.57 Å². The molecule has 0 N–H and O–H groups in total. The summed E-state index contributed by atoms with van der Waals surface area (Å²) in [5, 5.41) is 11.8. The molecule has 2 heteroatoms. The van der Waals surface area contributed by atoms with E-state index < -0.39 is 7.14 Å². The van der Waals surface area contributed by atoms with Crippen LogP contribution in [-0.2, 0) is 4.57 Å². The van der Waals surface area contributed by atoms with E-state index in [4.69, 9.17) is 0 Å². The minimum Gasteiger partial charge on any atom is -0.309 e. The van der Waals surface area contributed by atoms with Gasteiger partial charge in [-0.3, -0.25) is 0 Å². The van der Waals surface area contributed by atoms with Gasteiger partial charge in [0.25, 0.3) is 0 Å². The highest BCUT2D eigenvalue weighted by Crippen LogP contribution is 2.42. The Balaban J connectivity index is 1.06. The molecule has 0 heterocycles. The molecule has 9 aromatic carbocycles. The lowest BCUT2D eigenvalue weighted by Gasteiger charge is -2.20. The number of benzene rings is 9. The standard InChI is InChI=1S/C50H31OP/c51-52(42-14-2-1-3-15-42,43-30-24-36(25-31-43)22-28-40-34-38-12-4-6-16-45(38)49-20-10-8-18-47(40)49)44-32-26-37(27-33-44)23-29-41-35-39-13-5-7-17-46(39)50-21-11-9-19-48(41)50/h1-21,24-27,30-35H. The first-order chi connectivity index (χ1) is 25.6. The molecule has 242 valence electrons. The molecular weight excluding hydrogens is 648 g/mol. The van der Waals surface area contributed by atoms with Crippen LogP contribution in [0.2, 0.25) is 0 Å². The number of rotatable bonds is 3. The SMILES string of the molecule is O=P(c1ccccc1)(c1ccc(C#Cc2cc3ccccc3c3ccccc23)cc1)c1ccc(C#Cc2cc3ccccc3c3ccccc23)cc1. The summed E-state index contributed by atoms with van der Waals surface area (Å²) in [6.45, 7) is 0. The van der Waals surface area contributed by atoms with Crippen LogP contribution in [0, 0.1) is 23.7 Å². The zero-order valence-electron chi connectivity index (χ0n) is 28.3. The summed E-state index contributed by atoms with van der Waals surface area (Å²) in [6, 6.07) is 63.6. The van der Waals surface area contributed by atoms with E-state index in [2.05, 4.69) is 133 Å². The van der Waals surface area contributed by atoms with Crippen LogP contribution in [-0.4, -0.2) is 0 Å². The van der Waals surface area contributed by atoms with E-state index in [1.807, 2.05) is 78.9 Å². The second-order valence-electron chi connectivity index (χ2n) is 12.9. The maximum atomic E-state index is 15.3. The van der Waals surface area contributed by atoms with Gasteiger partial charge < -0.3 is 4.57 Å². The molecular formula is C50H31OP. The van der Waals surface area contributed by atoms with Crippen molar-refractivity contribution in [1.29, 1.82) is 0 Å². The normalized spacial score (nSPS) is 11.2. The third-order valence-electron chi connectivity index (χ3n) is 9.80. The third-order valence-corrected chi connectivity index (χ3v) is 12.9. The molecule has 0 aromatic heterocycles. The topological polar surface area (TPSA) is 17.1 Å². The molecule has 0 atom stereocenters. The van der Waals surface area contributed by atoms with E-state index in [0.717, 1.165) is 48.9 Å². The molecule has 0 spiro atoms. The highest BCUT2D eigenvalue weighted by atomic mass is 31.2. The van der Waals surface area contributed by atoms with Gasteiger partial charge in [0.2, 0.25) is 0 Å². The van der Waals surface area contributed by atoms with E-state index in [1.165, 1.54) is 32.3 Å². The predicted molar refractivity (Wildman–Crippen MR) is 221 cm³/mol. The molecule has 0 saturated carbocycles. The summed E-state index contributed by atoms with van der Waals surface area (Å²) in [4.78, 5) is 0. The largest absolute Gasteiger partial charge is 0.309 e. The van der Waals surface area contributed by atoms with Crippen LogP contribution in [0.1, 0.15) is 22.3 Å². The van der Waals surface area contributed by atoms with Gasteiger partial charge in [-0.05, 0) is 104 Å². The van der Waals surface area contributed by atoms with Gasteiger partial charge in [0.05, 0.1) is 0 Å². The second-order valence-corrected chi connectivity index (χ2v) is 15.7. The number of hydrogen-bond donors (Lipinski definition) is 0. The molecule has 0 aliphatic rings. The van der Waals surface area contributed by atoms with Crippen LogP contribution in [0.5, 0.6) is 0 Å². The van der Waals surface area contributed by atoms with Crippen LogP contribution in [0.3, 0.4) is 0 Å². The minimum atomic E-state index is -3.19. The van der Waals surface area contributed by atoms with Gasteiger partial charge in [0, 0.05) is 38.2 Å². The lowest BCUT2D eigenvalue weighted by Crippen LogP contribution is -2.25. The van der Waals surface area contributed by atoms with Gasteiger partial charge in [0.15, 0.2) is 7.14 Å². The van der Waals surface area contributed by atoms with E-state index in [0.29, 0.717) is 0 Å². The van der Waals surface area contributed by atoms with Gasteiger partial charge in [-0.25, -0.2) is 0 Å². The Morgan fingerprint density at radius 1 is 0.308 bits per heavy atom. The molecule has 0 bridgehead atoms. The van der Waals surface area contributed by atoms with E-state index in [9.17, 15) is 0 Å². The molecule has 0 aliphatic carbocycles. The van der Waals surface area contributed by atoms with Crippen LogP contribution >= 0.6 is 7.14 Å². The Labute approximate surface area is 303 Å². The maximum Gasteiger partial charge on any atom is 0.171 e. The predicted octanol–water partition coefficient (Wildman–Crippen LogP) is 10.7. The van der Waals surface area contributed by atoms with E-state index in [-0.39, 0.29) is 0 Å². The fraction of sp³-hybridized carbons (Fsp3) is 0. The van der Waals surface area contributed by atoms with Crippen LogP contribution in [0.25, 0.3) is 43.1 Å². The zero-order chi connectivity index (χ0) is 34.9. The first-order valence-electron chi connectivity index (χ1n) is 17.4. The third kappa shape index (κ3) is 5.65. The van der Waals surface area contributed by atoms with Crippen molar-refractivity contribution in [2.45, 2.75) is 0 Å². The fourth-order valence-corrected chi connectivity index (χ4v) is 9.81. The summed E-state index contributed by atoms with van der Waals surface area (Å²) in [5.41, 5.74) is 3.72. The summed E-state index contributed by atoms with van der Waals surface area (Å²) < 4.78 is 15.3. The Hall–Kier alpha value is -6.63. The van der Waals surface area contributed by atoms with Crippen molar-refractivity contribution in [2.75, 3.05) is 0 Å². The van der Waals surface area contributed by atoms with Gasteiger partial charge in [-0.2, -0.15) is 0 Å². The minimum absolute atomic E-state index is 0.766. The van der Waals surface area contributed by atoms with Crippen molar-refractivity contribution >= 4 is 66.1 Å². The molecule has 0 aliphatic heterocycles. The smallest absolute Gasteiger partial charge is 0.171 e. The average molecular weight is 679 g/mol. The molecule has 9 rings (SSSR count). The van der Waals surface area contributed by atoms with Crippen molar-refractivity contribution in [1.82, 2.24) is 0 Å². The maximum absolute atomic E-state index is 15.3. The molecule has 9 aromatic rings. The zero-order valence-corrected chi connectivity index (χ0v) is 29.1. The van der Waals surface area contributed by atoms with Crippen LogP contribution in [0.4, 0.5) is 0 Å². The Kier molecular flexibility index (Phi) is 7.99. The highest BCUT2D eigenvalue weighted by molar-refractivity contribution is 7.85. The summed E-state index contributed by atoms with van der Waals surface area (Å²) in [7, 11) is -3.19. The Morgan fingerprint density at radius 2 is 0.654 bits per heavy atom. The molecule has 0 unspecified atom stereocenters.